The van der Waals surface area contributed by atoms with E-state index in [0.29, 0.717) is 0 Å². The predicted octanol–water partition coefficient (Wildman–Crippen LogP) is 3.68. The van der Waals surface area contributed by atoms with Gasteiger partial charge < -0.3 is 15.4 Å². The van der Waals surface area contributed by atoms with E-state index in [1.165, 1.54) is 0 Å². The van der Waals surface area contributed by atoms with Gasteiger partial charge in [0, 0.05) is 6.04 Å². The first-order valence-electron chi connectivity index (χ1n) is 7.13. The minimum absolute atomic E-state index is 0.0924. The van der Waals surface area contributed by atoms with Crippen LogP contribution in [0.4, 0.5) is 0 Å². The number of H-pyrrole nitrogens is 1. The summed E-state index contributed by atoms with van der Waals surface area (Å²) in [5.74, 6) is 1.21. The number of hydrogen-bond donors (Lipinski definition) is 3. The molecule has 3 aromatic rings. The number of aromatic hydroxyl groups is 1. The van der Waals surface area contributed by atoms with Crippen LogP contribution in [0.2, 0.25) is 0 Å². The standard InChI is InChI=1S/C17H19N3O/c1-11(13-6-5-7-14(21)10-13)18-12(2)17-19-15-8-3-4-9-16(15)20-17/h3-12,18,21H,1-2H3,(H,19,20). The summed E-state index contributed by atoms with van der Waals surface area (Å²) < 4.78 is 0. The van der Waals surface area contributed by atoms with Crippen molar-refractivity contribution < 1.29 is 5.11 Å². The van der Waals surface area contributed by atoms with E-state index < -0.39 is 0 Å². The van der Waals surface area contributed by atoms with Gasteiger partial charge in [-0.25, -0.2) is 4.98 Å². The van der Waals surface area contributed by atoms with Crippen molar-refractivity contribution in [3.05, 3.63) is 59.9 Å². The molecule has 0 aliphatic heterocycles. The van der Waals surface area contributed by atoms with Crippen LogP contribution in [-0.4, -0.2) is 15.1 Å². The van der Waals surface area contributed by atoms with Gasteiger partial charge in [0.2, 0.25) is 0 Å². The summed E-state index contributed by atoms with van der Waals surface area (Å²) in [5, 5.41) is 13.1. The second kappa shape index (κ2) is 5.58. The van der Waals surface area contributed by atoms with Gasteiger partial charge in [-0.3, -0.25) is 0 Å². The third-order valence-corrected chi connectivity index (χ3v) is 3.69. The fraction of sp³-hybridized carbons (Fsp3) is 0.235. The van der Waals surface area contributed by atoms with Gasteiger partial charge in [-0.2, -0.15) is 0 Å². The maximum atomic E-state index is 9.56. The molecule has 3 N–H and O–H groups in total. The van der Waals surface area contributed by atoms with Crippen molar-refractivity contribution in [1.82, 2.24) is 15.3 Å². The topological polar surface area (TPSA) is 60.9 Å². The molecule has 0 spiro atoms. The molecule has 1 heterocycles. The van der Waals surface area contributed by atoms with Crippen molar-refractivity contribution in [2.24, 2.45) is 0 Å². The number of rotatable bonds is 4. The molecule has 3 rings (SSSR count). The number of phenols is 1. The van der Waals surface area contributed by atoms with Crippen molar-refractivity contribution in [2.45, 2.75) is 25.9 Å². The lowest BCUT2D eigenvalue weighted by Crippen LogP contribution is -2.23. The van der Waals surface area contributed by atoms with Gasteiger partial charge in [0.05, 0.1) is 17.1 Å². The van der Waals surface area contributed by atoms with E-state index in [1.54, 1.807) is 12.1 Å². The van der Waals surface area contributed by atoms with Crippen LogP contribution < -0.4 is 5.32 Å². The fourth-order valence-corrected chi connectivity index (χ4v) is 2.52. The molecule has 2 unspecified atom stereocenters. The first-order chi connectivity index (χ1) is 10.1. The Morgan fingerprint density at radius 2 is 1.86 bits per heavy atom. The Morgan fingerprint density at radius 3 is 2.62 bits per heavy atom. The molecule has 0 aliphatic carbocycles. The molecule has 0 fully saturated rings. The summed E-state index contributed by atoms with van der Waals surface area (Å²) in [5.41, 5.74) is 3.08. The SMILES string of the molecule is CC(NC(C)c1nc2ccccc2[nH]1)c1cccc(O)c1. The Hall–Kier alpha value is -2.33. The predicted molar refractivity (Wildman–Crippen MR) is 84.2 cm³/mol. The summed E-state index contributed by atoms with van der Waals surface area (Å²) in [4.78, 5) is 7.95. The minimum atomic E-state index is 0.0924. The number of aromatic nitrogens is 2. The lowest BCUT2D eigenvalue weighted by molar-refractivity contribution is 0.462. The summed E-state index contributed by atoms with van der Waals surface area (Å²) in [6.45, 7) is 4.16. The zero-order valence-electron chi connectivity index (χ0n) is 12.2. The molecule has 21 heavy (non-hydrogen) atoms. The summed E-state index contributed by atoms with van der Waals surface area (Å²) in [7, 11) is 0. The molecule has 4 nitrogen and oxygen atoms in total. The Balaban J connectivity index is 1.77. The zero-order chi connectivity index (χ0) is 14.8. The number of para-hydroxylation sites is 2. The second-order valence-corrected chi connectivity index (χ2v) is 5.34. The molecule has 0 bridgehead atoms. The van der Waals surface area contributed by atoms with Crippen molar-refractivity contribution in [1.29, 1.82) is 0 Å². The summed E-state index contributed by atoms with van der Waals surface area (Å²) in [6, 6.07) is 15.5. The van der Waals surface area contributed by atoms with Crippen LogP contribution in [0.25, 0.3) is 11.0 Å². The fourth-order valence-electron chi connectivity index (χ4n) is 2.52. The molecule has 0 radical (unpaired) electrons. The second-order valence-electron chi connectivity index (χ2n) is 5.34. The van der Waals surface area contributed by atoms with Gasteiger partial charge in [-0.15, -0.1) is 0 Å². The van der Waals surface area contributed by atoms with Crippen LogP contribution in [0.15, 0.2) is 48.5 Å². The normalized spacial score (nSPS) is 14.2. The van der Waals surface area contributed by atoms with Gasteiger partial charge in [0.1, 0.15) is 11.6 Å². The number of aromatic amines is 1. The monoisotopic (exact) mass is 281 g/mol. The van der Waals surface area contributed by atoms with Gasteiger partial charge in [-0.05, 0) is 43.7 Å². The maximum Gasteiger partial charge on any atom is 0.124 e. The third-order valence-electron chi connectivity index (χ3n) is 3.69. The van der Waals surface area contributed by atoms with E-state index in [1.807, 2.05) is 36.4 Å². The lowest BCUT2D eigenvalue weighted by Gasteiger charge is -2.19. The van der Waals surface area contributed by atoms with Gasteiger partial charge in [0.25, 0.3) is 0 Å². The maximum absolute atomic E-state index is 9.56. The Morgan fingerprint density at radius 1 is 1.05 bits per heavy atom. The molecule has 2 atom stereocenters. The number of fused-ring (bicyclic) bond motifs is 1. The number of nitrogens with one attached hydrogen (secondary N) is 2. The number of imidazole rings is 1. The average Bonchev–Trinajstić information content (AvgIpc) is 2.91. The highest BCUT2D eigenvalue weighted by molar-refractivity contribution is 5.74. The van der Waals surface area contributed by atoms with E-state index in [2.05, 4.69) is 29.1 Å². The van der Waals surface area contributed by atoms with Crippen LogP contribution >= 0.6 is 0 Å². The summed E-state index contributed by atoms with van der Waals surface area (Å²) in [6.07, 6.45) is 0. The van der Waals surface area contributed by atoms with Crippen LogP contribution in [0.3, 0.4) is 0 Å². The first-order valence-corrected chi connectivity index (χ1v) is 7.13. The van der Waals surface area contributed by atoms with Crippen LogP contribution in [0.1, 0.15) is 37.3 Å². The molecule has 108 valence electrons. The van der Waals surface area contributed by atoms with E-state index >= 15 is 0 Å². The van der Waals surface area contributed by atoms with Gasteiger partial charge in [-0.1, -0.05) is 24.3 Å². The van der Waals surface area contributed by atoms with Crippen molar-refractivity contribution in [3.8, 4) is 5.75 Å². The van der Waals surface area contributed by atoms with E-state index in [9.17, 15) is 5.11 Å². The highest BCUT2D eigenvalue weighted by Crippen LogP contribution is 2.22. The molecule has 0 saturated carbocycles. The molecular formula is C17H19N3O. The van der Waals surface area contributed by atoms with E-state index in [-0.39, 0.29) is 17.8 Å². The van der Waals surface area contributed by atoms with Gasteiger partial charge >= 0.3 is 0 Å². The Kier molecular flexibility index (Phi) is 3.62. The third kappa shape index (κ3) is 2.90. The molecule has 0 amide bonds. The van der Waals surface area contributed by atoms with Crippen molar-refractivity contribution in [3.63, 3.8) is 0 Å². The Bertz CT molecular complexity index is 717. The van der Waals surface area contributed by atoms with Crippen LogP contribution in [0, 0.1) is 0 Å². The summed E-state index contributed by atoms with van der Waals surface area (Å²) >= 11 is 0. The first kappa shape index (κ1) is 13.6. The molecule has 0 saturated heterocycles. The van der Waals surface area contributed by atoms with E-state index in [0.717, 1.165) is 22.4 Å². The molecule has 1 aromatic heterocycles. The van der Waals surface area contributed by atoms with Crippen molar-refractivity contribution >= 4 is 11.0 Å². The number of phenolic OH excluding ortho intramolecular Hbond substituents is 1. The van der Waals surface area contributed by atoms with Crippen molar-refractivity contribution in [2.75, 3.05) is 0 Å². The van der Waals surface area contributed by atoms with Crippen LogP contribution in [0.5, 0.6) is 5.75 Å². The quantitative estimate of drug-likeness (QED) is 0.683. The average molecular weight is 281 g/mol. The van der Waals surface area contributed by atoms with Gasteiger partial charge in [0.15, 0.2) is 0 Å². The molecule has 0 aliphatic rings. The smallest absolute Gasteiger partial charge is 0.124 e. The molecule has 2 aromatic carbocycles. The van der Waals surface area contributed by atoms with E-state index in [4.69, 9.17) is 0 Å². The largest absolute Gasteiger partial charge is 0.508 e. The molecular weight excluding hydrogens is 262 g/mol. The highest BCUT2D eigenvalue weighted by atomic mass is 16.3. The number of nitrogens with zero attached hydrogens (tertiary/aromatic N) is 1. The van der Waals surface area contributed by atoms with Crippen LogP contribution in [-0.2, 0) is 0 Å². The zero-order valence-corrected chi connectivity index (χ0v) is 12.2. The molecule has 4 heteroatoms. The number of hydrogen-bond acceptors (Lipinski definition) is 3. The highest BCUT2D eigenvalue weighted by Gasteiger charge is 2.14. The number of benzene rings is 2. The Labute approximate surface area is 123 Å². The lowest BCUT2D eigenvalue weighted by atomic mass is 10.1. The minimum Gasteiger partial charge on any atom is -0.508 e.